The third-order valence-electron chi connectivity index (χ3n) is 2.13. The van der Waals surface area contributed by atoms with E-state index in [1.807, 2.05) is 6.08 Å². The summed E-state index contributed by atoms with van der Waals surface area (Å²) in [7, 11) is 0. The topological polar surface area (TPSA) is 4.36 Å². The quantitative estimate of drug-likeness (QED) is 0.418. The Balaban J connectivity index is 2.42. The molecule has 0 saturated heterocycles. The SMILES string of the molecule is [C-]#[N+]/C(Cl)=C/C1CCCCC1. The van der Waals surface area contributed by atoms with Gasteiger partial charge in [0.2, 0.25) is 5.16 Å². The fraction of sp³-hybridized carbons (Fsp3) is 0.667. The van der Waals surface area contributed by atoms with E-state index in [4.69, 9.17) is 18.2 Å². The van der Waals surface area contributed by atoms with Crippen LogP contribution in [0.5, 0.6) is 0 Å². The largest absolute Gasteiger partial charge is 0.248 e. The van der Waals surface area contributed by atoms with Gasteiger partial charge >= 0.3 is 0 Å². The average Bonchev–Trinajstić information content (AvgIpc) is 2.06. The van der Waals surface area contributed by atoms with E-state index in [1.54, 1.807) is 0 Å². The van der Waals surface area contributed by atoms with Crippen LogP contribution in [0.25, 0.3) is 4.85 Å². The predicted octanol–water partition coefficient (Wildman–Crippen LogP) is 3.57. The van der Waals surface area contributed by atoms with Crippen LogP contribution in [0.3, 0.4) is 0 Å². The molecule has 0 N–H and O–H groups in total. The number of hydrogen-bond acceptors (Lipinski definition) is 0. The standard InChI is InChI=1S/C9H12ClN/c1-11-9(10)7-8-5-3-2-4-6-8/h7-8H,2-6H2/b9-7+. The molecular formula is C9H12ClN. The van der Waals surface area contributed by atoms with Crippen LogP contribution in [-0.4, -0.2) is 0 Å². The number of hydrogen-bond donors (Lipinski definition) is 0. The van der Waals surface area contributed by atoms with Crippen molar-refractivity contribution in [2.45, 2.75) is 32.1 Å². The normalized spacial score (nSPS) is 21.3. The molecule has 1 aliphatic carbocycles. The summed E-state index contributed by atoms with van der Waals surface area (Å²) >= 11 is 5.61. The van der Waals surface area contributed by atoms with Crippen LogP contribution in [0, 0.1) is 12.5 Å². The van der Waals surface area contributed by atoms with Crippen molar-refractivity contribution in [2.24, 2.45) is 5.92 Å². The van der Waals surface area contributed by atoms with E-state index < -0.39 is 0 Å². The smallest absolute Gasteiger partial charge is 0.226 e. The van der Waals surface area contributed by atoms with Gasteiger partial charge < -0.3 is 0 Å². The Hall–Kier alpha value is -0.480. The maximum atomic E-state index is 6.65. The molecule has 0 heterocycles. The van der Waals surface area contributed by atoms with Gasteiger partial charge in [0.15, 0.2) is 0 Å². The van der Waals surface area contributed by atoms with E-state index >= 15 is 0 Å². The molecule has 0 amide bonds. The van der Waals surface area contributed by atoms with Gasteiger partial charge in [-0.1, -0.05) is 25.3 Å². The monoisotopic (exact) mass is 169 g/mol. The summed E-state index contributed by atoms with van der Waals surface area (Å²) in [5.74, 6) is 0.574. The van der Waals surface area contributed by atoms with Crippen LogP contribution >= 0.6 is 11.6 Å². The summed E-state index contributed by atoms with van der Waals surface area (Å²) in [5, 5.41) is 0.344. The highest BCUT2D eigenvalue weighted by atomic mass is 35.5. The van der Waals surface area contributed by atoms with Gasteiger partial charge in [0.25, 0.3) is 0 Å². The van der Waals surface area contributed by atoms with Crippen molar-refractivity contribution >= 4 is 11.6 Å². The lowest BCUT2D eigenvalue weighted by molar-refractivity contribution is 0.419. The number of rotatable bonds is 1. The lowest BCUT2D eigenvalue weighted by atomic mass is 9.89. The molecule has 1 rings (SSSR count). The van der Waals surface area contributed by atoms with Crippen molar-refractivity contribution in [3.8, 4) is 0 Å². The Labute approximate surface area is 72.9 Å². The van der Waals surface area contributed by atoms with Gasteiger partial charge in [-0.05, 0) is 18.8 Å². The number of allylic oxidation sites excluding steroid dienone is 1. The van der Waals surface area contributed by atoms with Gasteiger partial charge in [-0.2, -0.15) is 0 Å². The molecule has 0 aliphatic heterocycles. The summed E-state index contributed by atoms with van der Waals surface area (Å²) in [4.78, 5) is 3.16. The first-order valence-electron chi connectivity index (χ1n) is 4.07. The van der Waals surface area contributed by atoms with Gasteiger partial charge in [0.05, 0.1) is 6.57 Å². The molecule has 1 saturated carbocycles. The zero-order chi connectivity index (χ0) is 8.10. The molecule has 0 atom stereocenters. The van der Waals surface area contributed by atoms with Crippen molar-refractivity contribution in [3.05, 3.63) is 22.6 Å². The lowest BCUT2D eigenvalue weighted by Gasteiger charge is -2.17. The maximum absolute atomic E-state index is 6.65. The van der Waals surface area contributed by atoms with Gasteiger partial charge in [-0.25, -0.2) is 4.85 Å². The first-order valence-corrected chi connectivity index (χ1v) is 4.45. The molecule has 0 radical (unpaired) electrons. The molecular weight excluding hydrogens is 158 g/mol. The lowest BCUT2D eigenvalue weighted by Crippen LogP contribution is -2.02. The Bertz CT molecular complexity index is 184. The second kappa shape index (κ2) is 4.41. The third kappa shape index (κ3) is 2.95. The van der Waals surface area contributed by atoms with Crippen molar-refractivity contribution in [1.29, 1.82) is 0 Å². The molecule has 0 spiro atoms. The Kier molecular flexibility index (Phi) is 3.45. The highest BCUT2D eigenvalue weighted by Crippen LogP contribution is 2.26. The summed E-state index contributed by atoms with van der Waals surface area (Å²) in [5.41, 5.74) is 0. The Morgan fingerprint density at radius 2 is 2.00 bits per heavy atom. The molecule has 60 valence electrons. The van der Waals surface area contributed by atoms with Gasteiger partial charge in [0, 0.05) is 0 Å². The summed E-state index contributed by atoms with van der Waals surface area (Å²) in [6.07, 6.45) is 8.28. The molecule has 0 unspecified atom stereocenters. The van der Waals surface area contributed by atoms with Crippen molar-refractivity contribution in [1.82, 2.24) is 0 Å². The minimum Gasteiger partial charge on any atom is -0.226 e. The van der Waals surface area contributed by atoms with E-state index in [-0.39, 0.29) is 0 Å². The highest BCUT2D eigenvalue weighted by molar-refractivity contribution is 6.30. The number of nitrogens with zero attached hydrogens (tertiary/aromatic N) is 1. The van der Waals surface area contributed by atoms with Crippen LogP contribution < -0.4 is 0 Å². The zero-order valence-corrected chi connectivity index (χ0v) is 7.27. The van der Waals surface area contributed by atoms with Crippen molar-refractivity contribution in [3.63, 3.8) is 0 Å². The van der Waals surface area contributed by atoms with E-state index in [1.165, 1.54) is 32.1 Å². The summed E-state index contributed by atoms with van der Waals surface area (Å²) in [6.45, 7) is 6.65. The fourth-order valence-corrected chi connectivity index (χ4v) is 1.71. The van der Waals surface area contributed by atoms with Crippen LogP contribution in [0.2, 0.25) is 0 Å². The molecule has 0 aromatic heterocycles. The van der Waals surface area contributed by atoms with Crippen LogP contribution in [0.4, 0.5) is 0 Å². The van der Waals surface area contributed by atoms with E-state index in [0.29, 0.717) is 11.1 Å². The Morgan fingerprint density at radius 3 is 2.55 bits per heavy atom. The van der Waals surface area contributed by atoms with E-state index in [9.17, 15) is 0 Å². The predicted molar refractivity (Wildman–Crippen MR) is 47.1 cm³/mol. The van der Waals surface area contributed by atoms with Crippen LogP contribution in [-0.2, 0) is 0 Å². The maximum Gasteiger partial charge on any atom is 0.248 e. The van der Waals surface area contributed by atoms with Gasteiger partial charge in [-0.3, -0.25) is 0 Å². The molecule has 1 aliphatic rings. The molecule has 1 fully saturated rings. The van der Waals surface area contributed by atoms with Gasteiger partial charge in [0.1, 0.15) is 0 Å². The Morgan fingerprint density at radius 1 is 1.36 bits per heavy atom. The second-order valence-electron chi connectivity index (χ2n) is 3.00. The zero-order valence-electron chi connectivity index (χ0n) is 6.52. The van der Waals surface area contributed by atoms with E-state index in [0.717, 1.165) is 0 Å². The van der Waals surface area contributed by atoms with Crippen LogP contribution in [0.1, 0.15) is 32.1 Å². The minimum absolute atomic E-state index is 0.344. The van der Waals surface area contributed by atoms with Crippen LogP contribution in [0.15, 0.2) is 11.2 Å². The molecule has 0 bridgehead atoms. The fourth-order valence-electron chi connectivity index (χ4n) is 1.53. The summed E-state index contributed by atoms with van der Waals surface area (Å²) in [6, 6.07) is 0. The third-order valence-corrected chi connectivity index (χ3v) is 2.34. The first kappa shape index (κ1) is 8.62. The molecule has 1 nitrogen and oxygen atoms in total. The average molecular weight is 170 g/mol. The molecule has 2 heteroatoms. The molecule has 0 aromatic carbocycles. The second-order valence-corrected chi connectivity index (χ2v) is 3.39. The van der Waals surface area contributed by atoms with Gasteiger partial charge in [-0.15, -0.1) is 11.6 Å². The van der Waals surface area contributed by atoms with Crippen molar-refractivity contribution < 1.29 is 0 Å². The molecule has 11 heavy (non-hydrogen) atoms. The van der Waals surface area contributed by atoms with Crippen molar-refractivity contribution in [2.75, 3.05) is 0 Å². The summed E-state index contributed by atoms with van der Waals surface area (Å²) < 4.78 is 0. The molecule has 0 aromatic rings. The highest BCUT2D eigenvalue weighted by Gasteiger charge is 2.10. The number of halogens is 1. The first-order chi connectivity index (χ1) is 5.33. The minimum atomic E-state index is 0.344. The van der Waals surface area contributed by atoms with E-state index in [2.05, 4.69) is 4.85 Å².